The van der Waals surface area contributed by atoms with Gasteiger partial charge in [0.2, 0.25) is 5.91 Å². The predicted molar refractivity (Wildman–Crippen MR) is 106 cm³/mol. The molecule has 2 heterocycles. The number of carbonyl (C=O) groups is 1. The summed E-state index contributed by atoms with van der Waals surface area (Å²) in [7, 11) is 0. The molecule has 2 aliphatic carbocycles. The molecule has 27 heavy (non-hydrogen) atoms. The molecule has 0 aromatic carbocycles. The summed E-state index contributed by atoms with van der Waals surface area (Å²) in [5.74, 6) is 3.26. The molecule has 2 saturated carbocycles. The van der Waals surface area contributed by atoms with Crippen molar-refractivity contribution in [2.24, 2.45) is 5.73 Å². The predicted octanol–water partition coefficient (Wildman–Crippen LogP) is 1.21. The van der Waals surface area contributed by atoms with E-state index < -0.39 is 0 Å². The van der Waals surface area contributed by atoms with Crippen molar-refractivity contribution in [3.05, 3.63) is 17.6 Å². The Hall–Kier alpha value is -1.73. The summed E-state index contributed by atoms with van der Waals surface area (Å²) in [6.45, 7) is 8.05. The molecule has 1 aromatic rings. The quantitative estimate of drug-likeness (QED) is 0.780. The summed E-state index contributed by atoms with van der Waals surface area (Å²) in [6, 6.07) is 2.71. The van der Waals surface area contributed by atoms with Gasteiger partial charge >= 0.3 is 0 Å². The van der Waals surface area contributed by atoms with Crippen LogP contribution < -0.4 is 16.0 Å². The Bertz CT molecular complexity index is 675. The number of rotatable bonds is 6. The van der Waals surface area contributed by atoms with Gasteiger partial charge in [-0.2, -0.15) is 0 Å². The van der Waals surface area contributed by atoms with E-state index in [4.69, 9.17) is 15.7 Å². The molecule has 1 aliphatic heterocycles. The Morgan fingerprint density at radius 1 is 1.19 bits per heavy atom. The Labute approximate surface area is 161 Å². The largest absolute Gasteiger partial charge is 0.354 e. The standard InChI is InChI=1S/C20H32N6O/c1-13(2)22-19(27)12-25-5-7-26(8-6-25)18-11-17(15-9-16(21)10-15)23-20(24-18)14-3-4-14/h11,13-16H,3-10,12,21H2,1-2H3,(H,22,27). The fourth-order valence-corrected chi connectivity index (χ4v) is 3.98. The van der Waals surface area contributed by atoms with Crippen molar-refractivity contribution in [1.82, 2.24) is 20.2 Å². The van der Waals surface area contributed by atoms with Crippen LogP contribution in [0.25, 0.3) is 0 Å². The number of hydrogen-bond acceptors (Lipinski definition) is 6. The molecule has 1 amide bonds. The lowest BCUT2D eigenvalue weighted by molar-refractivity contribution is -0.122. The third-order valence-electron chi connectivity index (χ3n) is 5.80. The molecule has 7 nitrogen and oxygen atoms in total. The maximum absolute atomic E-state index is 12.0. The first-order chi connectivity index (χ1) is 13.0. The van der Waals surface area contributed by atoms with Gasteiger partial charge in [0.15, 0.2) is 0 Å². The van der Waals surface area contributed by atoms with E-state index in [1.165, 1.54) is 18.5 Å². The zero-order chi connectivity index (χ0) is 19.0. The monoisotopic (exact) mass is 372 g/mol. The molecule has 4 rings (SSSR count). The van der Waals surface area contributed by atoms with Gasteiger partial charge in [0.1, 0.15) is 11.6 Å². The Kier molecular flexibility index (Phi) is 5.32. The third-order valence-corrected chi connectivity index (χ3v) is 5.80. The van der Waals surface area contributed by atoms with Gasteiger partial charge in [0.25, 0.3) is 0 Å². The molecule has 3 N–H and O–H groups in total. The maximum atomic E-state index is 12.0. The second kappa shape index (κ2) is 7.72. The highest BCUT2D eigenvalue weighted by atomic mass is 16.2. The van der Waals surface area contributed by atoms with Crippen LogP contribution in [-0.2, 0) is 4.79 Å². The first-order valence-electron chi connectivity index (χ1n) is 10.4. The molecule has 0 unspecified atom stereocenters. The second-order valence-electron chi connectivity index (χ2n) is 8.70. The van der Waals surface area contributed by atoms with Crippen LogP contribution in [0.2, 0.25) is 0 Å². The van der Waals surface area contributed by atoms with Crippen LogP contribution >= 0.6 is 0 Å². The van der Waals surface area contributed by atoms with E-state index in [1.807, 2.05) is 13.8 Å². The van der Waals surface area contributed by atoms with E-state index in [1.54, 1.807) is 0 Å². The number of aromatic nitrogens is 2. The third kappa shape index (κ3) is 4.58. The van der Waals surface area contributed by atoms with Crippen LogP contribution in [0, 0.1) is 0 Å². The number of carbonyl (C=O) groups excluding carboxylic acids is 1. The Morgan fingerprint density at radius 3 is 2.48 bits per heavy atom. The van der Waals surface area contributed by atoms with Crippen molar-refractivity contribution in [3.8, 4) is 0 Å². The van der Waals surface area contributed by atoms with Crippen molar-refractivity contribution < 1.29 is 4.79 Å². The maximum Gasteiger partial charge on any atom is 0.234 e. The minimum atomic E-state index is 0.111. The lowest BCUT2D eigenvalue weighted by Gasteiger charge is -2.36. The van der Waals surface area contributed by atoms with Crippen molar-refractivity contribution in [2.75, 3.05) is 37.6 Å². The average molecular weight is 373 g/mol. The summed E-state index contributed by atoms with van der Waals surface area (Å²) in [5.41, 5.74) is 7.17. The highest BCUT2D eigenvalue weighted by Gasteiger charge is 2.33. The van der Waals surface area contributed by atoms with Gasteiger partial charge in [-0.25, -0.2) is 9.97 Å². The van der Waals surface area contributed by atoms with Gasteiger partial charge < -0.3 is 16.0 Å². The first kappa shape index (κ1) is 18.6. The van der Waals surface area contributed by atoms with E-state index in [-0.39, 0.29) is 11.9 Å². The molecular weight excluding hydrogens is 340 g/mol. The van der Waals surface area contributed by atoms with E-state index in [9.17, 15) is 4.79 Å². The molecule has 1 saturated heterocycles. The van der Waals surface area contributed by atoms with E-state index in [2.05, 4.69) is 21.2 Å². The molecule has 7 heteroatoms. The number of amides is 1. The zero-order valence-electron chi connectivity index (χ0n) is 16.5. The summed E-state index contributed by atoms with van der Waals surface area (Å²) >= 11 is 0. The fourth-order valence-electron chi connectivity index (χ4n) is 3.98. The van der Waals surface area contributed by atoms with Crippen LogP contribution in [0.4, 0.5) is 5.82 Å². The molecule has 0 atom stereocenters. The van der Waals surface area contributed by atoms with Gasteiger partial charge in [-0.1, -0.05) is 0 Å². The van der Waals surface area contributed by atoms with E-state index in [0.717, 1.165) is 50.7 Å². The second-order valence-corrected chi connectivity index (χ2v) is 8.70. The SMILES string of the molecule is CC(C)NC(=O)CN1CCN(c2cc(C3CC(N)C3)nc(C3CC3)n2)CC1. The number of anilines is 1. The van der Waals surface area contributed by atoms with Crippen molar-refractivity contribution >= 4 is 11.7 Å². The van der Waals surface area contributed by atoms with Gasteiger partial charge in [0.05, 0.1) is 6.54 Å². The highest BCUT2D eigenvalue weighted by molar-refractivity contribution is 5.78. The van der Waals surface area contributed by atoms with Gasteiger partial charge in [-0.3, -0.25) is 9.69 Å². The summed E-state index contributed by atoms with van der Waals surface area (Å²) in [4.78, 5) is 26.3. The molecule has 3 aliphatic rings. The topological polar surface area (TPSA) is 87.4 Å². The van der Waals surface area contributed by atoms with Crippen LogP contribution in [0.5, 0.6) is 0 Å². The fraction of sp³-hybridized carbons (Fsp3) is 0.750. The molecule has 0 bridgehead atoms. The lowest BCUT2D eigenvalue weighted by Crippen LogP contribution is -2.50. The van der Waals surface area contributed by atoms with Gasteiger partial charge in [-0.15, -0.1) is 0 Å². The van der Waals surface area contributed by atoms with Crippen LogP contribution in [0.3, 0.4) is 0 Å². The van der Waals surface area contributed by atoms with Crippen LogP contribution in [0.1, 0.15) is 62.9 Å². The molecule has 3 fully saturated rings. The highest BCUT2D eigenvalue weighted by Crippen LogP contribution is 2.41. The van der Waals surface area contributed by atoms with Gasteiger partial charge in [-0.05, 0) is 39.5 Å². The van der Waals surface area contributed by atoms with Crippen LogP contribution in [0.15, 0.2) is 6.07 Å². The minimum absolute atomic E-state index is 0.111. The van der Waals surface area contributed by atoms with Crippen LogP contribution in [-0.4, -0.2) is 65.6 Å². The molecule has 148 valence electrons. The van der Waals surface area contributed by atoms with E-state index in [0.29, 0.717) is 24.4 Å². The van der Waals surface area contributed by atoms with Gasteiger partial charge in [0, 0.05) is 61.9 Å². The van der Waals surface area contributed by atoms with Crippen molar-refractivity contribution in [1.29, 1.82) is 0 Å². The number of nitrogens with one attached hydrogen (secondary N) is 1. The number of nitrogens with zero attached hydrogens (tertiary/aromatic N) is 4. The molecular formula is C20H32N6O. The number of hydrogen-bond donors (Lipinski definition) is 2. The molecule has 0 radical (unpaired) electrons. The smallest absolute Gasteiger partial charge is 0.234 e. The summed E-state index contributed by atoms with van der Waals surface area (Å²) < 4.78 is 0. The van der Waals surface area contributed by atoms with E-state index >= 15 is 0 Å². The number of piperazine rings is 1. The molecule has 1 aromatic heterocycles. The van der Waals surface area contributed by atoms with Crippen molar-refractivity contribution in [2.45, 2.75) is 63.5 Å². The minimum Gasteiger partial charge on any atom is -0.354 e. The summed E-state index contributed by atoms with van der Waals surface area (Å²) in [6.07, 6.45) is 4.51. The van der Waals surface area contributed by atoms with Crippen molar-refractivity contribution in [3.63, 3.8) is 0 Å². The zero-order valence-corrected chi connectivity index (χ0v) is 16.5. The summed E-state index contributed by atoms with van der Waals surface area (Å²) in [5, 5.41) is 2.97. The first-order valence-corrected chi connectivity index (χ1v) is 10.4. The lowest BCUT2D eigenvalue weighted by atomic mass is 9.78. The molecule has 0 spiro atoms. The Morgan fingerprint density at radius 2 is 1.89 bits per heavy atom. The average Bonchev–Trinajstić information content (AvgIpc) is 3.43. The normalized spacial score (nSPS) is 26.1. The number of nitrogens with two attached hydrogens (primary N) is 1. The Balaban J connectivity index is 1.39.